The number of imidazole rings is 1. The number of aromatic amines is 1. The van der Waals surface area contributed by atoms with E-state index < -0.39 is 6.04 Å². The fraction of sp³-hybridized carbons (Fsp3) is 0.318. The first-order valence-corrected chi connectivity index (χ1v) is 9.77. The first kappa shape index (κ1) is 20.4. The molecule has 0 spiro atoms. The predicted octanol–water partition coefficient (Wildman–Crippen LogP) is 3.43. The van der Waals surface area contributed by atoms with E-state index >= 15 is 0 Å². The summed E-state index contributed by atoms with van der Waals surface area (Å²) in [6.45, 7) is 1.97. The van der Waals surface area contributed by atoms with Crippen molar-refractivity contribution in [1.82, 2.24) is 15.3 Å². The summed E-state index contributed by atoms with van der Waals surface area (Å²) in [7, 11) is 1.61. The van der Waals surface area contributed by atoms with E-state index in [4.69, 9.17) is 4.74 Å². The summed E-state index contributed by atoms with van der Waals surface area (Å²) < 4.78 is 5.32. The molecule has 2 amide bonds. The Morgan fingerprint density at radius 3 is 2.66 bits per heavy atom. The number of hydrogen-bond donors (Lipinski definition) is 3. The van der Waals surface area contributed by atoms with Gasteiger partial charge in [-0.05, 0) is 36.6 Å². The van der Waals surface area contributed by atoms with Crippen molar-refractivity contribution in [2.24, 2.45) is 0 Å². The first-order valence-electron chi connectivity index (χ1n) is 9.77. The number of aryl methyl sites for hydroxylation is 1. The minimum Gasteiger partial charge on any atom is -0.496 e. The van der Waals surface area contributed by atoms with Crippen LogP contribution in [0.4, 0.5) is 5.95 Å². The van der Waals surface area contributed by atoms with Crippen LogP contribution in [0.3, 0.4) is 0 Å². The van der Waals surface area contributed by atoms with Gasteiger partial charge < -0.3 is 15.0 Å². The number of aromatic nitrogens is 2. The Kier molecular flexibility index (Phi) is 6.84. The maximum absolute atomic E-state index is 12.7. The number of rotatable bonds is 9. The molecule has 3 rings (SSSR count). The number of carbonyl (C=O) groups excluding carboxylic acids is 2. The zero-order valence-electron chi connectivity index (χ0n) is 16.7. The van der Waals surface area contributed by atoms with Gasteiger partial charge in [-0.3, -0.25) is 14.9 Å². The first-order chi connectivity index (χ1) is 14.1. The Morgan fingerprint density at radius 1 is 1.14 bits per heavy atom. The Bertz CT molecular complexity index is 950. The number of benzene rings is 2. The molecule has 152 valence electrons. The molecule has 0 saturated carbocycles. The minimum atomic E-state index is -0.613. The molecular weight excluding hydrogens is 368 g/mol. The second kappa shape index (κ2) is 9.73. The number of nitrogens with zero attached hydrogens (tertiary/aromatic N) is 1. The molecule has 0 bridgehead atoms. The van der Waals surface area contributed by atoms with E-state index in [2.05, 4.69) is 20.6 Å². The summed E-state index contributed by atoms with van der Waals surface area (Å²) in [4.78, 5) is 32.5. The molecule has 0 radical (unpaired) electrons. The average molecular weight is 394 g/mol. The largest absolute Gasteiger partial charge is 0.496 e. The zero-order valence-corrected chi connectivity index (χ0v) is 16.7. The highest BCUT2D eigenvalue weighted by atomic mass is 16.5. The molecule has 7 nitrogen and oxygen atoms in total. The molecule has 29 heavy (non-hydrogen) atoms. The predicted molar refractivity (Wildman–Crippen MR) is 113 cm³/mol. The van der Waals surface area contributed by atoms with Gasteiger partial charge in [0.1, 0.15) is 11.8 Å². The normalized spacial score (nSPS) is 11.8. The highest BCUT2D eigenvalue weighted by molar-refractivity contribution is 5.97. The number of H-pyrrole nitrogens is 1. The molecule has 3 N–H and O–H groups in total. The van der Waals surface area contributed by atoms with Gasteiger partial charge in [-0.2, -0.15) is 0 Å². The summed E-state index contributed by atoms with van der Waals surface area (Å²) in [6.07, 6.45) is 2.13. The number of para-hydroxylation sites is 3. The lowest BCUT2D eigenvalue weighted by molar-refractivity contribution is -0.126. The highest BCUT2D eigenvalue weighted by Crippen LogP contribution is 2.19. The molecule has 0 aliphatic rings. The summed E-state index contributed by atoms with van der Waals surface area (Å²) in [5, 5.41) is 5.62. The molecule has 1 aromatic heterocycles. The number of fused-ring (bicyclic) bond motifs is 1. The number of anilines is 1. The number of amides is 2. The summed E-state index contributed by atoms with van der Waals surface area (Å²) >= 11 is 0. The van der Waals surface area contributed by atoms with Crippen LogP contribution in [-0.4, -0.2) is 34.9 Å². The van der Waals surface area contributed by atoms with Crippen molar-refractivity contribution in [1.29, 1.82) is 0 Å². The van der Waals surface area contributed by atoms with E-state index in [1.807, 2.05) is 55.5 Å². The third kappa shape index (κ3) is 5.34. The summed E-state index contributed by atoms with van der Waals surface area (Å²) in [5.41, 5.74) is 2.58. The van der Waals surface area contributed by atoms with E-state index in [1.165, 1.54) is 0 Å². The van der Waals surface area contributed by atoms with Crippen molar-refractivity contribution >= 4 is 28.8 Å². The average Bonchev–Trinajstić information content (AvgIpc) is 3.14. The highest BCUT2D eigenvalue weighted by Gasteiger charge is 2.21. The Labute approximate surface area is 169 Å². The molecule has 0 saturated heterocycles. The monoisotopic (exact) mass is 394 g/mol. The van der Waals surface area contributed by atoms with Gasteiger partial charge in [0.15, 0.2) is 0 Å². The van der Waals surface area contributed by atoms with E-state index in [0.29, 0.717) is 18.8 Å². The van der Waals surface area contributed by atoms with Gasteiger partial charge in [0.25, 0.3) is 0 Å². The minimum absolute atomic E-state index is 0.172. The summed E-state index contributed by atoms with van der Waals surface area (Å²) in [6, 6.07) is 14.5. The number of ether oxygens (including phenoxy) is 1. The van der Waals surface area contributed by atoms with Crippen LogP contribution >= 0.6 is 0 Å². The fourth-order valence-corrected chi connectivity index (χ4v) is 3.20. The second-order valence-electron chi connectivity index (χ2n) is 6.81. The summed E-state index contributed by atoms with van der Waals surface area (Å²) in [5.74, 6) is 0.680. The van der Waals surface area contributed by atoms with Crippen LogP contribution in [0.25, 0.3) is 11.0 Å². The molecule has 0 aliphatic heterocycles. The lowest BCUT2D eigenvalue weighted by Gasteiger charge is -2.17. The maximum Gasteiger partial charge on any atom is 0.249 e. The molecule has 2 aromatic carbocycles. The number of hydrogen-bond acceptors (Lipinski definition) is 4. The molecule has 3 aromatic rings. The molecule has 1 heterocycles. The van der Waals surface area contributed by atoms with Crippen molar-refractivity contribution in [2.45, 2.75) is 38.6 Å². The maximum atomic E-state index is 12.7. The van der Waals surface area contributed by atoms with Crippen LogP contribution in [0.15, 0.2) is 48.5 Å². The topological polar surface area (TPSA) is 96.1 Å². The lowest BCUT2D eigenvalue weighted by Crippen LogP contribution is -2.44. The van der Waals surface area contributed by atoms with Gasteiger partial charge in [-0.1, -0.05) is 43.7 Å². The van der Waals surface area contributed by atoms with Crippen LogP contribution in [-0.2, 0) is 16.0 Å². The molecular formula is C22H26N4O3. The van der Waals surface area contributed by atoms with Crippen molar-refractivity contribution in [3.05, 3.63) is 54.1 Å². The van der Waals surface area contributed by atoms with Gasteiger partial charge in [0, 0.05) is 6.42 Å². The van der Waals surface area contributed by atoms with Crippen molar-refractivity contribution < 1.29 is 14.3 Å². The second-order valence-corrected chi connectivity index (χ2v) is 6.81. The molecule has 7 heteroatoms. The third-order valence-electron chi connectivity index (χ3n) is 4.67. The molecule has 1 atom stereocenters. The van der Waals surface area contributed by atoms with E-state index in [-0.39, 0.29) is 18.2 Å². The quantitative estimate of drug-likeness (QED) is 0.518. The number of carbonyl (C=O) groups is 2. The lowest BCUT2D eigenvalue weighted by atomic mass is 10.1. The SMILES string of the molecule is CCC[C@@H](NC(=O)CCc1ccccc1OC)C(=O)Nc1nc2ccccc2[nH]1. The fourth-order valence-electron chi connectivity index (χ4n) is 3.20. The Hall–Kier alpha value is -3.35. The molecule has 0 aliphatic carbocycles. The van der Waals surface area contributed by atoms with Gasteiger partial charge in [-0.25, -0.2) is 4.98 Å². The zero-order chi connectivity index (χ0) is 20.6. The van der Waals surface area contributed by atoms with Crippen LogP contribution in [0.2, 0.25) is 0 Å². The smallest absolute Gasteiger partial charge is 0.249 e. The van der Waals surface area contributed by atoms with Gasteiger partial charge >= 0.3 is 0 Å². The van der Waals surface area contributed by atoms with Crippen LogP contribution in [0.5, 0.6) is 5.75 Å². The molecule has 0 unspecified atom stereocenters. The van der Waals surface area contributed by atoms with Gasteiger partial charge in [0.05, 0.1) is 18.1 Å². The van der Waals surface area contributed by atoms with Crippen LogP contribution < -0.4 is 15.4 Å². The Balaban J connectivity index is 1.59. The standard InChI is InChI=1S/C22H26N4O3/c1-3-8-18(21(28)26-22-24-16-10-5-6-11-17(16)25-22)23-20(27)14-13-15-9-4-7-12-19(15)29-2/h4-7,9-12,18H,3,8,13-14H2,1-2H3,(H,23,27)(H2,24,25,26,28)/t18-/m1/s1. The third-order valence-corrected chi connectivity index (χ3v) is 4.67. The number of nitrogens with one attached hydrogen (secondary N) is 3. The van der Waals surface area contributed by atoms with Crippen LogP contribution in [0, 0.1) is 0 Å². The van der Waals surface area contributed by atoms with E-state index in [9.17, 15) is 9.59 Å². The van der Waals surface area contributed by atoms with Crippen molar-refractivity contribution in [3.8, 4) is 5.75 Å². The Morgan fingerprint density at radius 2 is 1.90 bits per heavy atom. The molecule has 0 fully saturated rings. The van der Waals surface area contributed by atoms with Crippen LogP contribution in [0.1, 0.15) is 31.7 Å². The van der Waals surface area contributed by atoms with Crippen molar-refractivity contribution in [3.63, 3.8) is 0 Å². The van der Waals surface area contributed by atoms with E-state index in [1.54, 1.807) is 7.11 Å². The van der Waals surface area contributed by atoms with Gasteiger partial charge in [0.2, 0.25) is 17.8 Å². The van der Waals surface area contributed by atoms with Crippen molar-refractivity contribution in [2.75, 3.05) is 12.4 Å². The number of methoxy groups -OCH3 is 1. The van der Waals surface area contributed by atoms with Gasteiger partial charge in [-0.15, -0.1) is 0 Å². The van der Waals surface area contributed by atoms with E-state index in [0.717, 1.165) is 28.8 Å².